The Hall–Kier alpha value is -0.480. The van der Waals surface area contributed by atoms with E-state index in [1.54, 1.807) is 11.8 Å². The van der Waals surface area contributed by atoms with Gasteiger partial charge in [0.05, 0.1) is 0 Å². The third-order valence-electron chi connectivity index (χ3n) is 1.64. The van der Waals surface area contributed by atoms with Gasteiger partial charge < -0.3 is 5.32 Å². The summed E-state index contributed by atoms with van der Waals surface area (Å²) in [5.74, 6) is 0.928. The molecular weight excluding hydrogens is 262 g/mol. The highest BCUT2D eigenvalue weighted by atomic mass is 79.9. The SMILES string of the molecule is CSCCC(=O)Nc1cccc(Br)c1. The highest BCUT2D eigenvalue weighted by Gasteiger charge is 2.01. The molecule has 14 heavy (non-hydrogen) atoms. The third kappa shape index (κ3) is 4.15. The van der Waals surface area contributed by atoms with Crippen molar-refractivity contribution >= 4 is 39.3 Å². The predicted octanol–water partition coefficient (Wildman–Crippen LogP) is 3.14. The number of carbonyl (C=O) groups excluding carboxylic acids is 1. The van der Waals surface area contributed by atoms with Gasteiger partial charge in [-0.3, -0.25) is 4.79 Å². The van der Waals surface area contributed by atoms with Crippen molar-refractivity contribution in [3.63, 3.8) is 0 Å². The van der Waals surface area contributed by atoms with Crippen LogP contribution in [-0.4, -0.2) is 17.9 Å². The molecule has 4 heteroatoms. The van der Waals surface area contributed by atoms with Crippen molar-refractivity contribution in [2.45, 2.75) is 6.42 Å². The molecule has 1 N–H and O–H groups in total. The number of nitrogens with one attached hydrogen (secondary N) is 1. The molecule has 0 heterocycles. The van der Waals surface area contributed by atoms with Gasteiger partial charge in [0.25, 0.3) is 0 Å². The number of amides is 1. The van der Waals surface area contributed by atoms with Crippen molar-refractivity contribution < 1.29 is 4.79 Å². The molecule has 0 saturated heterocycles. The van der Waals surface area contributed by atoms with Gasteiger partial charge in [0.2, 0.25) is 5.91 Å². The summed E-state index contributed by atoms with van der Waals surface area (Å²) in [6.45, 7) is 0. The Balaban J connectivity index is 2.47. The molecule has 1 aromatic carbocycles. The fraction of sp³-hybridized carbons (Fsp3) is 0.300. The van der Waals surface area contributed by atoms with Gasteiger partial charge in [-0.1, -0.05) is 22.0 Å². The minimum Gasteiger partial charge on any atom is -0.326 e. The van der Waals surface area contributed by atoms with E-state index in [0.717, 1.165) is 15.9 Å². The van der Waals surface area contributed by atoms with E-state index in [0.29, 0.717) is 6.42 Å². The van der Waals surface area contributed by atoms with Crippen molar-refractivity contribution in [1.82, 2.24) is 0 Å². The van der Waals surface area contributed by atoms with Crippen LogP contribution in [0.2, 0.25) is 0 Å². The van der Waals surface area contributed by atoms with E-state index in [9.17, 15) is 4.79 Å². The second kappa shape index (κ2) is 6.09. The quantitative estimate of drug-likeness (QED) is 0.913. The van der Waals surface area contributed by atoms with Crippen molar-refractivity contribution in [2.24, 2.45) is 0 Å². The highest BCUT2D eigenvalue weighted by molar-refractivity contribution is 9.10. The maximum atomic E-state index is 11.3. The maximum absolute atomic E-state index is 11.3. The zero-order chi connectivity index (χ0) is 10.4. The topological polar surface area (TPSA) is 29.1 Å². The average Bonchev–Trinajstić information content (AvgIpc) is 2.15. The van der Waals surface area contributed by atoms with Gasteiger partial charge in [0.1, 0.15) is 0 Å². The molecule has 0 fully saturated rings. The lowest BCUT2D eigenvalue weighted by Gasteiger charge is -2.04. The monoisotopic (exact) mass is 273 g/mol. The van der Waals surface area contributed by atoms with E-state index in [1.807, 2.05) is 30.5 Å². The lowest BCUT2D eigenvalue weighted by molar-refractivity contribution is -0.115. The van der Waals surface area contributed by atoms with E-state index in [2.05, 4.69) is 21.2 Å². The molecular formula is C10H12BrNOS. The van der Waals surface area contributed by atoms with Crippen LogP contribution in [0.5, 0.6) is 0 Å². The number of thioether (sulfide) groups is 1. The fourth-order valence-electron chi connectivity index (χ4n) is 0.984. The van der Waals surface area contributed by atoms with E-state index in [4.69, 9.17) is 0 Å². The van der Waals surface area contributed by atoms with Gasteiger partial charge >= 0.3 is 0 Å². The summed E-state index contributed by atoms with van der Waals surface area (Å²) in [7, 11) is 0. The van der Waals surface area contributed by atoms with Crippen LogP contribution in [0.15, 0.2) is 28.7 Å². The number of hydrogen-bond acceptors (Lipinski definition) is 2. The van der Waals surface area contributed by atoms with Gasteiger partial charge in [-0.15, -0.1) is 0 Å². The highest BCUT2D eigenvalue weighted by Crippen LogP contribution is 2.15. The van der Waals surface area contributed by atoms with Gasteiger partial charge in [-0.05, 0) is 24.5 Å². The van der Waals surface area contributed by atoms with Crippen molar-refractivity contribution in [2.75, 3.05) is 17.3 Å². The first-order chi connectivity index (χ1) is 6.72. The zero-order valence-electron chi connectivity index (χ0n) is 7.92. The molecule has 1 aromatic rings. The van der Waals surface area contributed by atoms with Gasteiger partial charge in [0, 0.05) is 22.3 Å². The summed E-state index contributed by atoms with van der Waals surface area (Å²) in [5.41, 5.74) is 0.838. The zero-order valence-corrected chi connectivity index (χ0v) is 10.3. The number of carbonyl (C=O) groups is 1. The summed E-state index contributed by atoms with van der Waals surface area (Å²) < 4.78 is 0.972. The molecule has 0 radical (unpaired) electrons. The molecule has 1 amide bonds. The molecule has 0 unspecified atom stereocenters. The Morgan fingerprint density at radius 2 is 2.36 bits per heavy atom. The van der Waals surface area contributed by atoms with Crippen molar-refractivity contribution in [3.05, 3.63) is 28.7 Å². The van der Waals surface area contributed by atoms with Crippen LogP contribution in [0.3, 0.4) is 0 Å². The average molecular weight is 274 g/mol. The standard InChI is InChI=1S/C10H12BrNOS/c1-14-6-5-10(13)12-9-4-2-3-8(11)7-9/h2-4,7H,5-6H2,1H3,(H,12,13). The fourth-order valence-corrected chi connectivity index (χ4v) is 1.77. The number of benzene rings is 1. The second-order valence-corrected chi connectivity index (χ2v) is 4.70. The first kappa shape index (κ1) is 11.6. The second-order valence-electron chi connectivity index (χ2n) is 2.80. The molecule has 1 rings (SSSR count). The Kier molecular flexibility index (Phi) is 5.04. The van der Waals surface area contributed by atoms with Crippen molar-refractivity contribution in [1.29, 1.82) is 0 Å². The Bertz CT molecular complexity index is 317. The van der Waals surface area contributed by atoms with Crippen LogP contribution in [0.4, 0.5) is 5.69 Å². The Morgan fingerprint density at radius 1 is 1.57 bits per heavy atom. The first-order valence-corrected chi connectivity index (χ1v) is 6.45. The summed E-state index contributed by atoms with van der Waals surface area (Å²) in [4.78, 5) is 11.3. The minimum atomic E-state index is 0.0671. The molecule has 0 spiro atoms. The van der Waals surface area contributed by atoms with Crippen LogP contribution in [0, 0.1) is 0 Å². The Labute approximate surface area is 96.6 Å². The number of hydrogen-bond donors (Lipinski definition) is 1. The smallest absolute Gasteiger partial charge is 0.225 e. The molecule has 76 valence electrons. The molecule has 0 aliphatic carbocycles. The summed E-state index contributed by atoms with van der Waals surface area (Å²) in [6.07, 6.45) is 2.56. The molecule has 0 atom stereocenters. The van der Waals surface area contributed by atoms with Crippen LogP contribution < -0.4 is 5.32 Å². The van der Waals surface area contributed by atoms with Crippen LogP contribution in [-0.2, 0) is 4.79 Å². The maximum Gasteiger partial charge on any atom is 0.225 e. The lowest BCUT2D eigenvalue weighted by atomic mass is 10.3. The molecule has 0 aromatic heterocycles. The normalized spacial score (nSPS) is 9.86. The molecule has 0 bridgehead atoms. The first-order valence-electron chi connectivity index (χ1n) is 4.26. The van der Waals surface area contributed by atoms with E-state index in [1.165, 1.54) is 0 Å². The number of anilines is 1. The van der Waals surface area contributed by atoms with Crippen molar-refractivity contribution in [3.8, 4) is 0 Å². The summed E-state index contributed by atoms with van der Waals surface area (Å²) in [6, 6.07) is 7.59. The molecule has 2 nitrogen and oxygen atoms in total. The number of halogens is 1. The molecule has 0 aliphatic rings. The van der Waals surface area contributed by atoms with Crippen LogP contribution in [0.25, 0.3) is 0 Å². The Morgan fingerprint density at radius 3 is 3.00 bits per heavy atom. The molecule has 0 saturated carbocycles. The van der Waals surface area contributed by atoms with Gasteiger partial charge in [-0.2, -0.15) is 11.8 Å². The van der Waals surface area contributed by atoms with E-state index < -0.39 is 0 Å². The van der Waals surface area contributed by atoms with E-state index >= 15 is 0 Å². The van der Waals surface area contributed by atoms with Gasteiger partial charge in [0.15, 0.2) is 0 Å². The van der Waals surface area contributed by atoms with Gasteiger partial charge in [-0.25, -0.2) is 0 Å². The predicted molar refractivity (Wildman–Crippen MR) is 65.8 cm³/mol. The van der Waals surface area contributed by atoms with Crippen LogP contribution >= 0.6 is 27.7 Å². The van der Waals surface area contributed by atoms with Crippen LogP contribution in [0.1, 0.15) is 6.42 Å². The largest absolute Gasteiger partial charge is 0.326 e. The minimum absolute atomic E-state index is 0.0671. The third-order valence-corrected chi connectivity index (χ3v) is 2.75. The summed E-state index contributed by atoms with van der Waals surface area (Å²) in [5, 5.41) is 2.84. The number of rotatable bonds is 4. The molecule has 0 aliphatic heterocycles. The van der Waals surface area contributed by atoms with E-state index in [-0.39, 0.29) is 5.91 Å². The summed E-state index contributed by atoms with van der Waals surface area (Å²) >= 11 is 5.02. The lowest BCUT2D eigenvalue weighted by Crippen LogP contribution is -2.11.